The van der Waals surface area contributed by atoms with Gasteiger partial charge in [0.1, 0.15) is 45.3 Å². The molecule has 0 saturated heterocycles. The first-order valence-corrected chi connectivity index (χ1v) is 23.7. The summed E-state index contributed by atoms with van der Waals surface area (Å²) in [5, 5.41) is 7.89. The van der Waals surface area contributed by atoms with E-state index in [0.717, 1.165) is 130 Å². The predicted molar refractivity (Wildman–Crippen MR) is 282 cm³/mol. The maximum Gasteiger partial charge on any atom is 0.260 e. The third-order valence-corrected chi connectivity index (χ3v) is 14.9. The molecule has 2 aliphatic heterocycles. The van der Waals surface area contributed by atoms with Crippen molar-refractivity contribution in [3.05, 3.63) is 205 Å². The third-order valence-electron chi connectivity index (χ3n) is 14.9. The molecule has 6 nitrogen and oxygen atoms in total. The van der Waals surface area contributed by atoms with Crippen molar-refractivity contribution in [1.82, 2.24) is 9.13 Å². The van der Waals surface area contributed by atoms with Crippen LogP contribution in [0.5, 0.6) is 23.0 Å². The van der Waals surface area contributed by atoms with E-state index in [1.807, 2.05) is 24.3 Å². The summed E-state index contributed by atoms with van der Waals surface area (Å²) in [5.41, 5.74) is 16.5. The number of nitrogens with zero attached hydrogens (tertiary/aromatic N) is 2. The van der Waals surface area contributed by atoms with Crippen LogP contribution in [0.3, 0.4) is 0 Å². The molecule has 0 unspecified atom stereocenters. The van der Waals surface area contributed by atoms with Gasteiger partial charge in [-0.1, -0.05) is 127 Å². The Morgan fingerprint density at radius 3 is 1.75 bits per heavy atom. The van der Waals surface area contributed by atoms with E-state index in [-0.39, 0.29) is 6.71 Å². The van der Waals surface area contributed by atoms with Crippen LogP contribution in [0.25, 0.3) is 105 Å². The molecule has 9 aromatic carbocycles. The van der Waals surface area contributed by atoms with Gasteiger partial charge in [-0.15, -0.1) is 0 Å². The molecule has 4 aromatic heterocycles. The van der Waals surface area contributed by atoms with Crippen LogP contribution in [-0.2, 0) is 6.42 Å². The van der Waals surface area contributed by atoms with Gasteiger partial charge in [-0.2, -0.15) is 0 Å². The average molecular weight is 885 g/mol. The number of fused-ring (bicyclic) bond motifs is 17. The lowest BCUT2D eigenvalue weighted by Gasteiger charge is -2.34. The second-order valence-electron chi connectivity index (χ2n) is 18.6. The number of rotatable bonds is 3. The van der Waals surface area contributed by atoms with E-state index >= 15 is 0 Å². The summed E-state index contributed by atoms with van der Waals surface area (Å²) >= 11 is 0. The Kier molecular flexibility index (Phi) is 7.45. The van der Waals surface area contributed by atoms with Gasteiger partial charge >= 0.3 is 0 Å². The van der Waals surface area contributed by atoms with Crippen LogP contribution in [0.4, 0.5) is 0 Å². The number of hydrogen-bond acceptors (Lipinski definition) is 4. The first-order valence-electron chi connectivity index (χ1n) is 23.7. The number of aromatic nitrogens is 2. The molecule has 0 amide bonds. The van der Waals surface area contributed by atoms with Gasteiger partial charge in [0, 0.05) is 89.9 Å². The van der Waals surface area contributed by atoms with Crippen molar-refractivity contribution in [1.29, 1.82) is 0 Å². The molecule has 0 saturated carbocycles. The summed E-state index contributed by atoms with van der Waals surface area (Å²) in [6, 6.07) is 62.6. The SMILES string of the molecule is C1=CCc2c(c3ccccc3n2-c2ccc3c(c2)Oc2cc(-c4cccc5c4oc4ccc6oc7ccccc7c6c45)cc4c2B3c2ccc(-n3c5ccccc5c5ccccc53)cc2O4)/C=C\C1. The van der Waals surface area contributed by atoms with E-state index in [4.69, 9.17) is 18.3 Å². The molecule has 13 aromatic rings. The molecule has 7 heteroatoms. The van der Waals surface area contributed by atoms with E-state index in [2.05, 4.69) is 185 Å². The van der Waals surface area contributed by atoms with Gasteiger partial charge in [0.25, 0.3) is 6.71 Å². The minimum atomic E-state index is -0.143. The number of hydrogen-bond donors (Lipinski definition) is 0. The topological polar surface area (TPSA) is 54.6 Å². The zero-order chi connectivity index (χ0) is 44.9. The standard InChI is InChI=1S/C62H37BN2O4/c1-2-4-21-48-40(14-3-1)41-15-5-9-22-49(41)64(48)37-26-28-46-55(34-37)67-57-32-36(39-19-13-20-45-60-54(69-62(39)45)31-30-53-59(60)44-18-8-12-25-52(44)66-53)33-58-61(57)63(46)47-29-27-38(35-56(47)68-58)65-50-23-10-6-16-42(50)43-17-7-11-24-51(43)65/h2-20,22-35H,1,21H2/b4-2?,14-3-. The summed E-state index contributed by atoms with van der Waals surface area (Å²) in [7, 11) is 0. The van der Waals surface area contributed by atoms with Crippen molar-refractivity contribution in [2.45, 2.75) is 12.8 Å². The van der Waals surface area contributed by atoms with Crippen molar-refractivity contribution in [2.75, 3.05) is 0 Å². The Bertz CT molecular complexity index is 4410. The summed E-state index contributed by atoms with van der Waals surface area (Å²) in [5.74, 6) is 3.18. The number of para-hydroxylation sites is 5. The van der Waals surface area contributed by atoms with E-state index in [1.165, 1.54) is 32.9 Å². The number of allylic oxidation sites excluding steroid dienone is 3. The van der Waals surface area contributed by atoms with Gasteiger partial charge in [0.2, 0.25) is 0 Å². The Labute approximate surface area is 395 Å². The lowest BCUT2D eigenvalue weighted by molar-refractivity contribution is 0.464. The highest BCUT2D eigenvalue weighted by atomic mass is 16.5. The molecule has 0 fully saturated rings. The zero-order valence-electron chi connectivity index (χ0n) is 37.1. The molecule has 0 N–H and O–H groups in total. The highest BCUT2D eigenvalue weighted by Crippen LogP contribution is 2.46. The van der Waals surface area contributed by atoms with Crippen LogP contribution in [0.15, 0.2) is 203 Å². The Hall–Kier alpha value is -8.94. The fourth-order valence-corrected chi connectivity index (χ4v) is 12.0. The molecular formula is C62H37BN2O4. The number of furan rings is 2. The van der Waals surface area contributed by atoms with Gasteiger partial charge in [0.05, 0.1) is 16.6 Å². The fourth-order valence-electron chi connectivity index (χ4n) is 12.0. The molecule has 0 spiro atoms. The number of benzene rings is 9. The summed E-state index contributed by atoms with van der Waals surface area (Å²) in [6.45, 7) is -0.143. The lowest BCUT2D eigenvalue weighted by Crippen LogP contribution is -2.57. The summed E-state index contributed by atoms with van der Waals surface area (Å²) in [6.07, 6.45) is 10.9. The molecule has 3 aliphatic rings. The number of ether oxygens (including phenoxy) is 2. The first kappa shape index (κ1) is 37.2. The van der Waals surface area contributed by atoms with Crippen LogP contribution >= 0.6 is 0 Å². The normalized spacial score (nSPS) is 14.2. The molecule has 16 rings (SSSR count). The van der Waals surface area contributed by atoms with Crippen LogP contribution in [0.2, 0.25) is 0 Å². The second-order valence-corrected chi connectivity index (χ2v) is 18.6. The van der Waals surface area contributed by atoms with E-state index in [9.17, 15) is 0 Å². The third kappa shape index (κ3) is 5.16. The van der Waals surface area contributed by atoms with Gasteiger partial charge in [0.15, 0.2) is 0 Å². The second kappa shape index (κ2) is 13.8. The van der Waals surface area contributed by atoms with Crippen molar-refractivity contribution in [2.24, 2.45) is 0 Å². The summed E-state index contributed by atoms with van der Waals surface area (Å²) in [4.78, 5) is 0. The molecule has 0 atom stereocenters. The monoisotopic (exact) mass is 884 g/mol. The van der Waals surface area contributed by atoms with Crippen molar-refractivity contribution >= 4 is 106 Å². The lowest BCUT2D eigenvalue weighted by atomic mass is 9.35. The minimum absolute atomic E-state index is 0.143. The van der Waals surface area contributed by atoms with E-state index in [0.29, 0.717) is 0 Å². The largest absolute Gasteiger partial charge is 0.458 e. The minimum Gasteiger partial charge on any atom is -0.458 e. The van der Waals surface area contributed by atoms with Crippen molar-refractivity contribution in [3.8, 4) is 45.5 Å². The van der Waals surface area contributed by atoms with Crippen LogP contribution in [0.1, 0.15) is 17.7 Å². The Morgan fingerprint density at radius 2 is 1.03 bits per heavy atom. The average Bonchev–Trinajstić information content (AvgIpc) is 4.13. The maximum absolute atomic E-state index is 7.22. The van der Waals surface area contributed by atoms with Gasteiger partial charge in [-0.25, -0.2) is 0 Å². The van der Waals surface area contributed by atoms with Crippen LogP contribution in [-0.4, -0.2) is 15.8 Å². The van der Waals surface area contributed by atoms with Gasteiger partial charge in [-0.3, -0.25) is 0 Å². The van der Waals surface area contributed by atoms with E-state index < -0.39 is 0 Å². The molecule has 322 valence electrons. The summed E-state index contributed by atoms with van der Waals surface area (Å²) < 4.78 is 32.4. The van der Waals surface area contributed by atoms with Crippen molar-refractivity contribution < 1.29 is 18.3 Å². The molecule has 6 heterocycles. The van der Waals surface area contributed by atoms with Gasteiger partial charge < -0.3 is 27.4 Å². The molecule has 0 radical (unpaired) electrons. The Balaban J connectivity index is 0.920. The highest BCUT2D eigenvalue weighted by molar-refractivity contribution is 6.98. The molecular weight excluding hydrogens is 848 g/mol. The van der Waals surface area contributed by atoms with Gasteiger partial charge in [-0.05, 0) is 83.6 Å². The van der Waals surface area contributed by atoms with E-state index in [1.54, 1.807) is 0 Å². The fraction of sp³-hybridized carbons (Fsp3) is 0.0323. The zero-order valence-corrected chi connectivity index (χ0v) is 37.1. The Morgan fingerprint density at radius 1 is 0.435 bits per heavy atom. The first-order chi connectivity index (χ1) is 34.2. The van der Waals surface area contributed by atoms with Crippen LogP contribution in [0, 0.1) is 0 Å². The van der Waals surface area contributed by atoms with Crippen molar-refractivity contribution in [3.63, 3.8) is 0 Å². The molecule has 1 aliphatic carbocycles. The molecule has 69 heavy (non-hydrogen) atoms. The maximum atomic E-state index is 7.22. The van der Waals surface area contributed by atoms with Crippen LogP contribution < -0.4 is 25.9 Å². The quantitative estimate of drug-likeness (QED) is 0.131. The highest BCUT2D eigenvalue weighted by Gasteiger charge is 2.41. The predicted octanol–water partition coefficient (Wildman–Crippen LogP) is 14.4. The molecule has 0 bridgehead atoms. The smallest absolute Gasteiger partial charge is 0.260 e.